The number of carbonyl (C=O) groups is 3. The van der Waals surface area contributed by atoms with Gasteiger partial charge in [0.25, 0.3) is 5.91 Å². The topological polar surface area (TPSA) is 145 Å². The Morgan fingerprint density at radius 2 is 1.74 bits per heavy atom. The number of hydrogen-bond donors (Lipinski definition) is 3. The number of primary sulfonamides is 1. The molecule has 0 spiro atoms. The lowest BCUT2D eigenvalue weighted by molar-refractivity contribution is -0.115. The van der Waals surface area contributed by atoms with E-state index in [1.807, 2.05) is 30.3 Å². The van der Waals surface area contributed by atoms with Crippen molar-refractivity contribution in [2.75, 3.05) is 18.5 Å². The van der Waals surface area contributed by atoms with Crippen molar-refractivity contribution >= 4 is 44.1 Å². The molecule has 0 aliphatic heterocycles. The third-order valence-corrected chi connectivity index (χ3v) is 6.74. The van der Waals surface area contributed by atoms with Crippen LogP contribution in [0.3, 0.4) is 0 Å². The molecule has 1 heterocycles. The molecule has 4 N–H and O–H groups in total. The SMILES string of the molecule is CCOC(=O)c1cc(-c2ccccc2)sc1NC(=O)CNC(=O)c1cc(S(N)(=O)=O)ccc1C. The number of nitrogens with two attached hydrogens (primary N) is 1. The summed E-state index contributed by atoms with van der Waals surface area (Å²) in [6.45, 7) is 3.09. The first-order valence-corrected chi connectivity index (χ1v) is 12.5. The molecule has 1 aromatic heterocycles. The van der Waals surface area contributed by atoms with Crippen LogP contribution in [0.1, 0.15) is 33.2 Å². The molecule has 0 unspecified atom stereocenters. The molecule has 0 atom stereocenters. The Morgan fingerprint density at radius 3 is 2.38 bits per heavy atom. The van der Waals surface area contributed by atoms with Gasteiger partial charge in [-0.05, 0) is 43.2 Å². The van der Waals surface area contributed by atoms with Crippen LogP contribution in [0.25, 0.3) is 10.4 Å². The predicted molar refractivity (Wildman–Crippen MR) is 129 cm³/mol. The number of hydrogen-bond acceptors (Lipinski definition) is 7. The molecule has 0 saturated carbocycles. The van der Waals surface area contributed by atoms with Gasteiger partial charge in [-0.1, -0.05) is 36.4 Å². The van der Waals surface area contributed by atoms with Gasteiger partial charge in [0.15, 0.2) is 0 Å². The number of ether oxygens (including phenoxy) is 1. The van der Waals surface area contributed by atoms with Crippen molar-refractivity contribution in [1.29, 1.82) is 0 Å². The molecule has 0 aliphatic carbocycles. The first kappa shape index (κ1) is 25.1. The molecule has 0 saturated heterocycles. The van der Waals surface area contributed by atoms with Crippen LogP contribution in [-0.2, 0) is 19.6 Å². The lowest BCUT2D eigenvalue weighted by Crippen LogP contribution is -2.33. The van der Waals surface area contributed by atoms with Crippen molar-refractivity contribution in [2.45, 2.75) is 18.7 Å². The summed E-state index contributed by atoms with van der Waals surface area (Å²) in [4.78, 5) is 38.1. The number of nitrogens with one attached hydrogen (secondary N) is 2. The van der Waals surface area contributed by atoms with Crippen LogP contribution in [0.15, 0.2) is 59.5 Å². The van der Waals surface area contributed by atoms with Gasteiger partial charge in [0.05, 0.1) is 23.6 Å². The van der Waals surface area contributed by atoms with E-state index in [2.05, 4.69) is 10.6 Å². The fourth-order valence-electron chi connectivity index (χ4n) is 3.04. The zero-order valence-corrected chi connectivity index (χ0v) is 20.1. The van der Waals surface area contributed by atoms with Gasteiger partial charge in [0.2, 0.25) is 15.9 Å². The van der Waals surface area contributed by atoms with E-state index < -0.39 is 34.4 Å². The van der Waals surface area contributed by atoms with E-state index in [9.17, 15) is 22.8 Å². The molecule has 2 amide bonds. The maximum atomic E-state index is 12.6. The maximum Gasteiger partial charge on any atom is 0.341 e. The molecule has 0 bridgehead atoms. The summed E-state index contributed by atoms with van der Waals surface area (Å²) in [5, 5.41) is 10.5. The van der Waals surface area contributed by atoms with Crippen LogP contribution in [0.5, 0.6) is 0 Å². The Hall–Kier alpha value is -3.54. The Labute approximate surface area is 201 Å². The second kappa shape index (κ2) is 10.6. The van der Waals surface area contributed by atoms with E-state index >= 15 is 0 Å². The average Bonchev–Trinajstić information content (AvgIpc) is 3.21. The lowest BCUT2D eigenvalue weighted by Gasteiger charge is -2.10. The summed E-state index contributed by atoms with van der Waals surface area (Å²) in [7, 11) is -3.99. The number of sulfonamides is 1. The molecule has 2 aromatic carbocycles. The highest BCUT2D eigenvalue weighted by atomic mass is 32.2. The number of esters is 1. The van der Waals surface area contributed by atoms with Crippen molar-refractivity contribution < 1.29 is 27.5 Å². The van der Waals surface area contributed by atoms with Crippen LogP contribution < -0.4 is 15.8 Å². The minimum absolute atomic E-state index is 0.0778. The Bertz CT molecular complexity index is 1330. The van der Waals surface area contributed by atoms with Crippen molar-refractivity contribution in [1.82, 2.24) is 5.32 Å². The zero-order valence-electron chi connectivity index (χ0n) is 18.5. The van der Waals surface area contributed by atoms with Crippen LogP contribution in [0.4, 0.5) is 5.00 Å². The first-order valence-electron chi connectivity index (χ1n) is 10.2. The summed E-state index contributed by atoms with van der Waals surface area (Å²) in [6, 6.07) is 14.9. The second-order valence-corrected chi connectivity index (χ2v) is 9.81. The fraction of sp³-hybridized carbons (Fsp3) is 0.174. The zero-order chi connectivity index (χ0) is 24.9. The highest BCUT2D eigenvalue weighted by Gasteiger charge is 2.21. The molecule has 11 heteroatoms. The number of amides is 2. The van der Waals surface area contributed by atoms with Gasteiger partial charge in [0.1, 0.15) is 5.00 Å². The second-order valence-electron chi connectivity index (χ2n) is 7.19. The molecule has 9 nitrogen and oxygen atoms in total. The van der Waals surface area contributed by atoms with Gasteiger partial charge in [0, 0.05) is 10.4 Å². The van der Waals surface area contributed by atoms with Gasteiger partial charge in [-0.3, -0.25) is 9.59 Å². The Balaban J connectivity index is 1.75. The van der Waals surface area contributed by atoms with Gasteiger partial charge in [-0.25, -0.2) is 18.4 Å². The molecule has 34 heavy (non-hydrogen) atoms. The summed E-state index contributed by atoms with van der Waals surface area (Å²) in [6.07, 6.45) is 0. The largest absolute Gasteiger partial charge is 0.462 e. The van der Waals surface area contributed by atoms with Gasteiger partial charge in [-0.2, -0.15) is 0 Å². The smallest absolute Gasteiger partial charge is 0.341 e. The van der Waals surface area contributed by atoms with E-state index in [-0.39, 0.29) is 22.6 Å². The quantitative estimate of drug-likeness (QED) is 0.405. The third-order valence-electron chi connectivity index (χ3n) is 4.73. The predicted octanol–water partition coefficient (Wildman–Crippen LogP) is 2.92. The number of benzene rings is 2. The first-order chi connectivity index (χ1) is 16.1. The molecule has 178 valence electrons. The number of rotatable bonds is 8. The van der Waals surface area contributed by atoms with Crippen molar-refractivity contribution in [3.8, 4) is 10.4 Å². The summed E-state index contributed by atoms with van der Waals surface area (Å²) >= 11 is 1.21. The molecule has 0 radical (unpaired) electrons. The molecule has 3 aromatic rings. The highest BCUT2D eigenvalue weighted by molar-refractivity contribution is 7.89. The van der Waals surface area contributed by atoms with E-state index in [1.54, 1.807) is 19.9 Å². The van der Waals surface area contributed by atoms with Crippen molar-refractivity contribution in [3.63, 3.8) is 0 Å². The number of thiophene rings is 1. The molecular weight excluding hydrogens is 478 g/mol. The average molecular weight is 502 g/mol. The molecule has 0 aliphatic rings. The van der Waals surface area contributed by atoms with E-state index in [0.717, 1.165) is 16.5 Å². The summed E-state index contributed by atoms with van der Waals surface area (Å²) < 4.78 is 28.2. The normalized spacial score (nSPS) is 11.0. The van der Waals surface area contributed by atoms with Crippen LogP contribution >= 0.6 is 11.3 Å². The van der Waals surface area contributed by atoms with Gasteiger partial charge in [-0.15, -0.1) is 11.3 Å². The number of carbonyl (C=O) groups excluding carboxylic acids is 3. The van der Waals surface area contributed by atoms with E-state index in [0.29, 0.717) is 10.6 Å². The molecular formula is C23H23N3O6S2. The van der Waals surface area contributed by atoms with Crippen LogP contribution in [0.2, 0.25) is 0 Å². The number of anilines is 1. The van der Waals surface area contributed by atoms with E-state index in [1.165, 1.54) is 23.5 Å². The van der Waals surface area contributed by atoms with Crippen molar-refractivity contribution in [3.05, 3.63) is 71.3 Å². The minimum Gasteiger partial charge on any atom is -0.462 e. The summed E-state index contributed by atoms with van der Waals surface area (Å²) in [5.41, 5.74) is 1.67. The van der Waals surface area contributed by atoms with Crippen molar-refractivity contribution in [2.24, 2.45) is 5.14 Å². The van der Waals surface area contributed by atoms with Crippen LogP contribution in [0, 0.1) is 6.92 Å². The standard InChI is InChI=1S/C23H23N3O6S2/c1-3-32-23(29)18-12-19(15-7-5-4-6-8-15)33-22(18)26-20(27)13-25-21(28)17-11-16(34(24,30)31)10-9-14(17)2/h4-12H,3,13H2,1-2H3,(H,25,28)(H,26,27)(H2,24,30,31). The Morgan fingerprint density at radius 1 is 1.03 bits per heavy atom. The third kappa shape index (κ3) is 6.07. The minimum atomic E-state index is -3.99. The van der Waals surface area contributed by atoms with Crippen LogP contribution in [-0.4, -0.2) is 39.4 Å². The maximum absolute atomic E-state index is 12.6. The lowest BCUT2D eigenvalue weighted by atomic mass is 10.1. The van der Waals surface area contributed by atoms with E-state index in [4.69, 9.17) is 9.88 Å². The monoisotopic (exact) mass is 501 g/mol. The Kier molecular flexibility index (Phi) is 7.82. The summed E-state index contributed by atoms with van der Waals surface area (Å²) in [5.74, 6) is -1.78. The molecule has 0 fully saturated rings. The highest BCUT2D eigenvalue weighted by Crippen LogP contribution is 2.35. The molecule has 3 rings (SSSR count). The van der Waals surface area contributed by atoms with Gasteiger partial charge >= 0.3 is 5.97 Å². The fourth-order valence-corrected chi connectivity index (χ4v) is 4.65. The number of aryl methyl sites for hydroxylation is 1. The van der Waals surface area contributed by atoms with Gasteiger partial charge < -0.3 is 15.4 Å².